The summed E-state index contributed by atoms with van der Waals surface area (Å²) in [7, 11) is 0. The third-order valence-corrected chi connectivity index (χ3v) is 3.01. The quantitative estimate of drug-likeness (QED) is 0.681. The largest absolute Gasteiger partial charge is 0.298 e. The van der Waals surface area contributed by atoms with Gasteiger partial charge in [-0.1, -0.05) is 0 Å². The molecule has 0 bridgehead atoms. The fourth-order valence-electron chi connectivity index (χ4n) is 1.32. The summed E-state index contributed by atoms with van der Waals surface area (Å²) in [5.74, 6) is -0.334. The van der Waals surface area contributed by atoms with Gasteiger partial charge in [-0.25, -0.2) is 4.98 Å². The Bertz CT molecular complexity index is 592. The van der Waals surface area contributed by atoms with Gasteiger partial charge in [-0.05, 0) is 19.1 Å². The number of thiazole rings is 1. The lowest BCUT2D eigenvalue weighted by atomic mass is 10.2. The Balaban J connectivity index is 2.11. The molecular weight excluding hydrogens is 254 g/mol. The number of hydrogen-bond acceptors (Lipinski definition) is 5. The van der Waals surface area contributed by atoms with E-state index in [9.17, 15) is 14.9 Å². The van der Waals surface area contributed by atoms with E-state index in [1.54, 1.807) is 6.20 Å². The molecule has 0 radical (unpaired) electrons. The van der Waals surface area contributed by atoms with Crippen molar-refractivity contribution in [2.45, 2.75) is 6.92 Å². The molecule has 1 heterocycles. The molecule has 0 saturated heterocycles. The monoisotopic (exact) mass is 263 g/mol. The smallest absolute Gasteiger partial charge is 0.269 e. The van der Waals surface area contributed by atoms with Crippen LogP contribution in [0.2, 0.25) is 0 Å². The minimum absolute atomic E-state index is 0.0448. The summed E-state index contributed by atoms with van der Waals surface area (Å²) in [5.41, 5.74) is 0.310. The number of non-ortho nitro benzene ring substituents is 1. The van der Waals surface area contributed by atoms with Crippen LogP contribution in [-0.4, -0.2) is 15.8 Å². The number of nitrogens with zero attached hydrogens (tertiary/aromatic N) is 2. The molecule has 7 heteroatoms. The van der Waals surface area contributed by atoms with Gasteiger partial charge in [-0.15, -0.1) is 11.3 Å². The fraction of sp³-hybridized carbons (Fsp3) is 0.0909. The first kappa shape index (κ1) is 12.2. The highest BCUT2D eigenvalue weighted by Gasteiger charge is 2.10. The predicted molar refractivity (Wildman–Crippen MR) is 67.9 cm³/mol. The zero-order chi connectivity index (χ0) is 13.1. The van der Waals surface area contributed by atoms with Gasteiger partial charge in [0.25, 0.3) is 11.6 Å². The lowest BCUT2D eigenvalue weighted by Gasteiger charge is -2.00. The van der Waals surface area contributed by atoms with Crippen molar-refractivity contribution < 1.29 is 9.72 Å². The van der Waals surface area contributed by atoms with Crippen LogP contribution in [0.4, 0.5) is 10.8 Å². The van der Waals surface area contributed by atoms with E-state index in [1.165, 1.54) is 35.6 Å². The Labute approximate surface area is 106 Å². The summed E-state index contributed by atoms with van der Waals surface area (Å²) in [6.07, 6.45) is 1.66. The second-order valence-corrected chi connectivity index (χ2v) is 4.77. The molecule has 1 aromatic heterocycles. The number of hydrogen-bond donors (Lipinski definition) is 1. The Morgan fingerprint density at radius 1 is 1.39 bits per heavy atom. The number of amides is 1. The summed E-state index contributed by atoms with van der Waals surface area (Å²) in [6, 6.07) is 5.41. The molecule has 0 aliphatic rings. The predicted octanol–water partition coefficient (Wildman–Crippen LogP) is 2.61. The lowest BCUT2D eigenvalue weighted by molar-refractivity contribution is -0.384. The van der Waals surface area contributed by atoms with Crippen LogP contribution in [-0.2, 0) is 0 Å². The summed E-state index contributed by atoms with van der Waals surface area (Å²) in [6.45, 7) is 1.89. The number of anilines is 1. The van der Waals surface area contributed by atoms with Gasteiger partial charge in [0.15, 0.2) is 5.13 Å². The van der Waals surface area contributed by atoms with Crippen LogP contribution in [0.1, 0.15) is 15.2 Å². The van der Waals surface area contributed by atoms with Crippen molar-refractivity contribution in [2.24, 2.45) is 0 Å². The van der Waals surface area contributed by atoms with E-state index in [4.69, 9.17) is 0 Å². The Kier molecular flexibility index (Phi) is 3.33. The molecule has 1 N–H and O–H groups in total. The Hall–Kier alpha value is -2.28. The van der Waals surface area contributed by atoms with Gasteiger partial charge in [0.1, 0.15) is 0 Å². The third-order valence-electron chi connectivity index (χ3n) is 2.18. The van der Waals surface area contributed by atoms with Crippen LogP contribution in [0.25, 0.3) is 0 Å². The van der Waals surface area contributed by atoms with Gasteiger partial charge in [0, 0.05) is 28.8 Å². The molecule has 0 unspecified atom stereocenters. The zero-order valence-corrected chi connectivity index (χ0v) is 10.2. The molecule has 0 saturated carbocycles. The van der Waals surface area contributed by atoms with E-state index in [-0.39, 0.29) is 11.6 Å². The molecule has 2 rings (SSSR count). The minimum Gasteiger partial charge on any atom is -0.298 e. The van der Waals surface area contributed by atoms with E-state index in [1.807, 2.05) is 6.92 Å². The number of aryl methyl sites for hydroxylation is 1. The molecule has 0 aliphatic heterocycles. The molecule has 2 aromatic rings. The average molecular weight is 263 g/mol. The first-order chi connectivity index (χ1) is 8.56. The maximum absolute atomic E-state index is 11.8. The van der Waals surface area contributed by atoms with E-state index in [0.29, 0.717) is 10.7 Å². The first-order valence-electron chi connectivity index (χ1n) is 5.04. The highest BCUT2D eigenvalue weighted by molar-refractivity contribution is 7.15. The SMILES string of the molecule is Cc1cnc(NC(=O)c2ccc([N+](=O)[O-])cc2)s1. The number of rotatable bonds is 3. The van der Waals surface area contributed by atoms with Crippen LogP contribution in [0.3, 0.4) is 0 Å². The highest BCUT2D eigenvalue weighted by Crippen LogP contribution is 2.18. The van der Waals surface area contributed by atoms with Crippen molar-refractivity contribution in [3.05, 3.63) is 51.0 Å². The number of carbonyl (C=O) groups excluding carboxylic acids is 1. The molecule has 0 fully saturated rings. The van der Waals surface area contributed by atoms with Crippen molar-refractivity contribution in [1.29, 1.82) is 0 Å². The second kappa shape index (κ2) is 4.92. The number of benzene rings is 1. The standard InChI is InChI=1S/C11H9N3O3S/c1-7-6-12-11(18-7)13-10(15)8-2-4-9(5-3-8)14(16)17/h2-6H,1H3,(H,12,13,15). The first-order valence-corrected chi connectivity index (χ1v) is 5.86. The number of aromatic nitrogens is 1. The molecule has 1 aromatic carbocycles. The van der Waals surface area contributed by atoms with Gasteiger partial charge in [-0.3, -0.25) is 20.2 Å². The number of nitro benzene ring substituents is 1. The summed E-state index contributed by atoms with van der Waals surface area (Å²) >= 11 is 1.37. The van der Waals surface area contributed by atoms with Crippen LogP contribution in [0.15, 0.2) is 30.5 Å². The zero-order valence-electron chi connectivity index (χ0n) is 9.41. The maximum atomic E-state index is 11.8. The average Bonchev–Trinajstić information content (AvgIpc) is 2.75. The van der Waals surface area contributed by atoms with Crippen molar-refractivity contribution in [1.82, 2.24) is 4.98 Å². The number of nitrogens with one attached hydrogen (secondary N) is 1. The molecular formula is C11H9N3O3S. The van der Waals surface area contributed by atoms with Crippen molar-refractivity contribution >= 4 is 28.1 Å². The van der Waals surface area contributed by atoms with Crippen molar-refractivity contribution in [3.63, 3.8) is 0 Å². The maximum Gasteiger partial charge on any atom is 0.269 e. The second-order valence-electron chi connectivity index (χ2n) is 3.53. The normalized spacial score (nSPS) is 10.1. The molecule has 1 amide bonds. The van der Waals surface area contributed by atoms with E-state index in [0.717, 1.165) is 4.88 Å². The van der Waals surface area contributed by atoms with Gasteiger partial charge in [0.2, 0.25) is 0 Å². The van der Waals surface area contributed by atoms with Gasteiger partial charge < -0.3 is 0 Å². The fourth-order valence-corrected chi connectivity index (χ4v) is 1.98. The minimum atomic E-state index is -0.508. The lowest BCUT2D eigenvalue weighted by Crippen LogP contribution is -2.11. The van der Waals surface area contributed by atoms with Crippen molar-refractivity contribution in [3.8, 4) is 0 Å². The van der Waals surface area contributed by atoms with E-state index >= 15 is 0 Å². The molecule has 18 heavy (non-hydrogen) atoms. The summed E-state index contributed by atoms with van der Waals surface area (Å²) < 4.78 is 0. The van der Waals surface area contributed by atoms with Crippen LogP contribution >= 0.6 is 11.3 Å². The van der Waals surface area contributed by atoms with Gasteiger partial charge in [-0.2, -0.15) is 0 Å². The summed E-state index contributed by atoms with van der Waals surface area (Å²) in [4.78, 5) is 26.8. The van der Waals surface area contributed by atoms with Gasteiger partial charge in [0.05, 0.1) is 4.92 Å². The molecule has 6 nitrogen and oxygen atoms in total. The van der Waals surface area contributed by atoms with Crippen LogP contribution in [0.5, 0.6) is 0 Å². The van der Waals surface area contributed by atoms with Crippen LogP contribution in [0, 0.1) is 17.0 Å². The number of carbonyl (C=O) groups is 1. The van der Waals surface area contributed by atoms with Crippen LogP contribution < -0.4 is 5.32 Å². The molecule has 0 spiro atoms. The van der Waals surface area contributed by atoms with Gasteiger partial charge >= 0.3 is 0 Å². The van der Waals surface area contributed by atoms with Crippen molar-refractivity contribution in [2.75, 3.05) is 5.32 Å². The number of nitro groups is 1. The molecule has 0 aliphatic carbocycles. The van der Waals surface area contributed by atoms with E-state index in [2.05, 4.69) is 10.3 Å². The van der Waals surface area contributed by atoms with E-state index < -0.39 is 4.92 Å². The third kappa shape index (κ3) is 2.69. The highest BCUT2D eigenvalue weighted by atomic mass is 32.1. The Morgan fingerprint density at radius 2 is 2.06 bits per heavy atom. The Morgan fingerprint density at radius 3 is 2.56 bits per heavy atom. The molecule has 0 atom stereocenters. The summed E-state index contributed by atoms with van der Waals surface area (Å²) in [5, 5.41) is 13.6. The topological polar surface area (TPSA) is 85.1 Å². The molecule has 92 valence electrons.